The van der Waals surface area contributed by atoms with E-state index in [1.807, 2.05) is 19.1 Å². The van der Waals surface area contributed by atoms with Gasteiger partial charge in [0, 0.05) is 12.3 Å². The Morgan fingerprint density at radius 2 is 1.86 bits per heavy atom. The van der Waals surface area contributed by atoms with Crippen molar-refractivity contribution in [2.75, 3.05) is 26.2 Å². The number of quaternary nitrogens is 1. The molecule has 29 heavy (non-hydrogen) atoms. The highest BCUT2D eigenvalue weighted by atomic mass is 32.2. The number of hydrogen-bond donors (Lipinski definition) is 1. The molecule has 2 aromatic heterocycles. The molecular formula is C20H22FN4O3S+. The summed E-state index contributed by atoms with van der Waals surface area (Å²) in [6, 6.07) is 10.7. The van der Waals surface area contributed by atoms with Crippen molar-refractivity contribution in [1.29, 1.82) is 0 Å². The number of nitrogens with one attached hydrogen (secondary N) is 1. The van der Waals surface area contributed by atoms with Gasteiger partial charge in [0.2, 0.25) is 10.0 Å². The number of aromatic nitrogens is 2. The topological polar surface area (TPSA) is 76.2 Å². The van der Waals surface area contributed by atoms with Gasteiger partial charge in [-0.2, -0.15) is 4.31 Å². The molecule has 1 aromatic carbocycles. The molecule has 9 heteroatoms. The molecule has 0 bridgehead atoms. The first-order chi connectivity index (χ1) is 13.8. The number of halogens is 1. The van der Waals surface area contributed by atoms with E-state index >= 15 is 0 Å². The molecule has 1 fully saturated rings. The smallest absolute Gasteiger partial charge is 0.258 e. The minimum atomic E-state index is -3.85. The fourth-order valence-electron chi connectivity index (χ4n) is 3.62. The molecule has 0 unspecified atom stereocenters. The van der Waals surface area contributed by atoms with Crippen molar-refractivity contribution in [3.8, 4) is 0 Å². The normalized spacial score (nSPS) is 16.3. The highest BCUT2D eigenvalue weighted by Crippen LogP contribution is 2.18. The molecule has 7 nitrogen and oxygen atoms in total. The van der Waals surface area contributed by atoms with Crippen molar-refractivity contribution in [3.05, 3.63) is 76.1 Å². The number of piperazine rings is 1. The van der Waals surface area contributed by atoms with Crippen molar-refractivity contribution >= 4 is 15.7 Å². The molecule has 1 saturated heterocycles. The van der Waals surface area contributed by atoms with Crippen LogP contribution in [0.15, 0.2) is 58.4 Å². The molecule has 3 aromatic rings. The van der Waals surface area contributed by atoms with Crippen LogP contribution < -0.4 is 10.5 Å². The summed E-state index contributed by atoms with van der Waals surface area (Å²) in [6.07, 6.45) is 1.76. The first-order valence-electron chi connectivity index (χ1n) is 9.42. The maximum atomic E-state index is 13.9. The van der Waals surface area contributed by atoms with Crippen molar-refractivity contribution < 1.29 is 17.7 Å². The second kappa shape index (κ2) is 7.66. The summed E-state index contributed by atoms with van der Waals surface area (Å²) in [5, 5.41) is 0. The van der Waals surface area contributed by atoms with Crippen LogP contribution in [0.25, 0.3) is 5.65 Å². The van der Waals surface area contributed by atoms with Gasteiger partial charge in [0.1, 0.15) is 28.6 Å². The molecule has 3 heterocycles. The zero-order valence-electron chi connectivity index (χ0n) is 16.0. The van der Waals surface area contributed by atoms with Gasteiger partial charge in [-0.1, -0.05) is 18.2 Å². The van der Waals surface area contributed by atoms with E-state index in [9.17, 15) is 17.6 Å². The highest BCUT2D eigenvalue weighted by Gasteiger charge is 2.32. The number of benzene rings is 1. The van der Waals surface area contributed by atoms with Gasteiger partial charge in [0.05, 0.1) is 26.2 Å². The van der Waals surface area contributed by atoms with Gasteiger partial charge in [-0.05, 0) is 30.7 Å². The quantitative estimate of drug-likeness (QED) is 0.660. The number of nitrogens with zero attached hydrogens (tertiary/aromatic N) is 3. The molecule has 0 saturated carbocycles. The Morgan fingerprint density at radius 1 is 1.14 bits per heavy atom. The Hall–Kier alpha value is -2.62. The van der Waals surface area contributed by atoms with Crippen LogP contribution in [0, 0.1) is 12.7 Å². The first kappa shape index (κ1) is 19.7. The lowest BCUT2D eigenvalue weighted by atomic mass is 10.3. The van der Waals surface area contributed by atoms with Crippen molar-refractivity contribution in [3.63, 3.8) is 0 Å². The average Bonchev–Trinajstić information content (AvgIpc) is 2.69. The minimum absolute atomic E-state index is 0.131. The summed E-state index contributed by atoms with van der Waals surface area (Å²) >= 11 is 0. The van der Waals surface area contributed by atoms with Gasteiger partial charge in [0.15, 0.2) is 0 Å². The highest BCUT2D eigenvalue weighted by molar-refractivity contribution is 7.89. The summed E-state index contributed by atoms with van der Waals surface area (Å²) in [5.41, 5.74) is 2.12. The number of hydrogen-bond acceptors (Lipinski definition) is 4. The monoisotopic (exact) mass is 417 g/mol. The molecule has 1 aliphatic rings. The molecule has 152 valence electrons. The first-order valence-corrected chi connectivity index (χ1v) is 10.9. The van der Waals surface area contributed by atoms with Gasteiger partial charge in [-0.3, -0.25) is 9.20 Å². The van der Waals surface area contributed by atoms with Crippen LogP contribution in [0.1, 0.15) is 11.3 Å². The van der Waals surface area contributed by atoms with Crippen LogP contribution in [0.5, 0.6) is 0 Å². The maximum absolute atomic E-state index is 13.9. The van der Waals surface area contributed by atoms with Gasteiger partial charge >= 0.3 is 0 Å². The Kier molecular flexibility index (Phi) is 5.20. The standard InChI is InChI=1S/C20H21FN4O3S/c1-15-6-7-19-22-16(12-20(26)25(19)13-15)14-23-8-10-24(11-9-23)29(27,28)18-5-3-2-4-17(18)21/h2-7,12-13H,8-11,14H2,1H3/p+1. The zero-order valence-corrected chi connectivity index (χ0v) is 16.8. The van der Waals surface area contributed by atoms with Crippen LogP contribution in [0.2, 0.25) is 0 Å². The van der Waals surface area contributed by atoms with E-state index in [1.165, 1.54) is 33.0 Å². The number of sulfonamides is 1. The molecule has 0 aliphatic carbocycles. The summed E-state index contributed by atoms with van der Waals surface area (Å²) in [4.78, 5) is 17.8. The lowest BCUT2D eigenvalue weighted by molar-refractivity contribution is -0.917. The molecule has 0 spiro atoms. The third-order valence-corrected chi connectivity index (χ3v) is 7.11. The molecule has 1 N–H and O–H groups in total. The van der Waals surface area contributed by atoms with Crippen LogP contribution in [0.3, 0.4) is 0 Å². The Morgan fingerprint density at radius 3 is 2.59 bits per heavy atom. The lowest BCUT2D eigenvalue weighted by Crippen LogP contribution is -3.13. The largest absolute Gasteiger partial charge is 0.328 e. The Labute approximate surface area is 168 Å². The Balaban J connectivity index is 1.47. The van der Waals surface area contributed by atoms with Crippen LogP contribution in [0.4, 0.5) is 4.39 Å². The van der Waals surface area contributed by atoms with E-state index in [2.05, 4.69) is 4.98 Å². The van der Waals surface area contributed by atoms with Gasteiger partial charge in [-0.15, -0.1) is 0 Å². The molecule has 4 rings (SSSR count). The van der Waals surface area contributed by atoms with E-state index in [0.29, 0.717) is 31.0 Å². The number of rotatable bonds is 4. The zero-order chi connectivity index (χ0) is 20.6. The van der Waals surface area contributed by atoms with E-state index < -0.39 is 15.8 Å². The van der Waals surface area contributed by atoms with Crippen molar-refractivity contribution in [2.24, 2.45) is 0 Å². The van der Waals surface area contributed by atoms with Crippen LogP contribution in [-0.4, -0.2) is 48.3 Å². The third-order valence-electron chi connectivity index (χ3n) is 5.18. The van der Waals surface area contributed by atoms with E-state index in [0.717, 1.165) is 16.5 Å². The van der Waals surface area contributed by atoms with E-state index in [1.54, 1.807) is 6.20 Å². The Bertz CT molecular complexity index is 1220. The van der Waals surface area contributed by atoms with Crippen LogP contribution in [-0.2, 0) is 16.6 Å². The molecular weight excluding hydrogens is 395 g/mol. The predicted molar refractivity (Wildman–Crippen MR) is 106 cm³/mol. The summed E-state index contributed by atoms with van der Waals surface area (Å²) < 4.78 is 42.2. The fourth-order valence-corrected chi connectivity index (χ4v) is 5.12. The van der Waals surface area contributed by atoms with Crippen LogP contribution >= 0.6 is 0 Å². The third kappa shape index (κ3) is 3.93. The van der Waals surface area contributed by atoms with Gasteiger partial charge in [-0.25, -0.2) is 17.8 Å². The SMILES string of the molecule is Cc1ccc2nc(C[NH+]3CCN(S(=O)(=O)c4ccccc4F)CC3)cc(=O)n2c1. The number of aryl methyl sites for hydroxylation is 1. The summed E-state index contributed by atoms with van der Waals surface area (Å²) in [5.74, 6) is -0.738. The molecule has 0 amide bonds. The maximum Gasteiger partial charge on any atom is 0.258 e. The number of pyridine rings is 1. The van der Waals surface area contributed by atoms with E-state index in [-0.39, 0.29) is 23.5 Å². The second-order valence-corrected chi connectivity index (χ2v) is 9.19. The second-order valence-electron chi connectivity index (χ2n) is 7.28. The summed E-state index contributed by atoms with van der Waals surface area (Å²) in [6.45, 7) is 4.15. The average molecular weight is 417 g/mol. The van der Waals surface area contributed by atoms with Gasteiger partial charge in [0.25, 0.3) is 5.56 Å². The van der Waals surface area contributed by atoms with Crippen molar-refractivity contribution in [1.82, 2.24) is 13.7 Å². The molecule has 0 atom stereocenters. The lowest BCUT2D eigenvalue weighted by Gasteiger charge is -2.31. The van der Waals surface area contributed by atoms with E-state index in [4.69, 9.17) is 0 Å². The summed E-state index contributed by atoms with van der Waals surface area (Å²) in [7, 11) is -3.85. The minimum Gasteiger partial charge on any atom is -0.328 e. The molecule has 1 aliphatic heterocycles. The number of fused-ring (bicyclic) bond motifs is 1. The molecule has 0 radical (unpaired) electrons. The predicted octanol–water partition coefficient (Wildman–Crippen LogP) is 0.231. The van der Waals surface area contributed by atoms with Gasteiger partial charge < -0.3 is 4.90 Å². The van der Waals surface area contributed by atoms with Crippen molar-refractivity contribution in [2.45, 2.75) is 18.4 Å². The fraction of sp³-hybridized carbons (Fsp3) is 0.300.